The number of carbonyl (C=O) groups is 1. The first-order valence-corrected chi connectivity index (χ1v) is 10.0. The van der Waals surface area contributed by atoms with Crippen LogP contribution < -0.4 is 10.6 Å². The Balaban J connectivity index is 0.00000338. The first kappa shape index (κ1) is 23.5. The number of rotatable bonds is 6. The van der Waals surface area contributed by atoms with Crippen LogP contribution in [0.15, 0.2) is 4.99 Å². The van der Waals surface area contributed by atoms with Crippen molar-refractivity contribution in [3.63, 3.8) is 0 Å². The third kappa shape index (κ3) is 8.41. The van der Waals surface area contributed by atoms with Crippen LogP contribution in [0.3, 0.4) is 0 Å². The van der Waals surface area contributed by atoms with Crippen molar-refractivity contribution >= 4 is 35.8 Å². The molecule has 2 N–H and O–H groups in total. The van der Waals surface area contributed by atoms with Crippen LogP contribution in [0.25, 0.3) is 0 Å². The molecule has 0 aromatic rings. The number of hydrogen-bond donors (Lipinski definition) is 2. The monoisotopic (exact) mass is 479 g/mol. The molecule has 1 saturated heterocycles. The third-order valence-corrected chi connectivity index (χ3v) is 5.65. The first-order chi connectivity index (χ1) is 12.1. The van der Waals surface area contributed by atoms with Crippen LogP contribution in [0.1, 0.15) is 46.0 Å². The average Bonchev–Trinajstić information content (AvgIpc) is 2.61. The normalized spacial score (nSPS) is 24.7. The van der Waals surface area contributed by atoms with Crippen LogP contribution in [0.2, 0.25) is 0 Å². The van der Waals surface area contributed by atoms with Gasteiger partial charge in [0.15, 0.2) is 5.96 Å². The molecule has 26 heavy (non-hydrogen) atoms. The quantitative estimate of drug-likeness (QED) is 0.348. The van der Waals surface area contributed by atoms with Gasteiger partial charge in [-0.3, -0.25) is 14.7 Å². The number of halogens is 1. The summed E-state index contributed by atoms with van der Waals surface area (Å²) in [6.45, 7) is 10.6. The van der Waals surface area contributed by atoms with Crippen molar-refractivity contribution < 1.29 is 4.79 Å². The topological polar surface area (TPSA) is 60.0 Å². The van der Waals surface area contributed by atoms with Gasteiger partial charge in [0.2, 0.25) is 5.91 Å². The molecule has 1 amide bonds. The Kier molecular flexibility index (Phi) is 11.5. The summed E-state index contributed by atoms with van der Waals surface area (Å²) in [5.74, 6) is 2.88. The van der Waals surface area contributed by atoms with E-state index in [4.69, 9.17) is 0 Å². The van der Waals surface area contributed by atoms with E-state index in [1.807, 2.05) is 11.9 Å². The molecule has 1 saturated carbocycles. The highest BCUT2D eigenvalue weighted by Gasteiger charge is 2.19. The Morgan fingerprint density at radius 3 is 2.42 bits per heavy atom. The Bertz CT molecular complexity index is 438. The summed E-state index contributed by atoms with van der Waals surface area (Å²) in [5, 5.41) is 6.87. The van der Waals surface area contributed by atoms with Gasteiger partial charge in [0, 0.05) is 59.8 Å². The number of aliphatic imine (C=N–C) groups is 1. The number of nitrogens with one attached hydrogen (secondary N) is 2. The van der Waals surface area contributed by atoms with E-state index >= 15 is 0 Å². The van der Waals surface area contributed by atoms with Crippen molar-refractivity contribution in [1.29, 1.82) is 0 Å². The van der Waals surface area contributed by atoms with Gasteiger partial charge in [0.25, 0.3) is 0 Å². The summed E-state index contributed by atoms with van der Waals surface area (Å²) in [5.41, 5.74) is 0. The summed E-state index contributed by atoms with van der Waals surface area (Å²) < 4.78 is 0. The molecule has 1 heterocycles. The molecule has 2 aliphatic rings. The second-order valence-corrected chi connectivity index (χ2v) is 7.70. The number of nitrogens with zero attached hydrogens (tertiary/aromatic N) is 3. The van der Waals surface area contributed by atoms with Crippen molar-refractivity contribution in [2.24, 2.45) is 16.8 Å². The number of carbonyl (C=O) groups excluding carboxylic acids is 1. The van der Waals surface area contributed by atoms with Crippen LogP contribution in [-0.2, 0) is 4.79 Å². The van der Waals surface area contributed by atoms with E-state index in [-0.39, 0.29) is 29.9 Å². The number of piperazine rings is 1. The van der Waals surface area contributed by atoms with Crippen molar-refractivity contribution in [1.82, 2.24) is 20.4 Å². The predicted molar refractivity (Wildman–Crippen MR) is 119 cm³/mol. The molecule has 1 aliphatic carbocycles. The van der Waals surface area contributed by atoms with E-state index in [0.29, 0.717) is 0 Å². The Morgan fingerprint density at radius 2 is 1.81 bits per heavy atom. The van der Waals surface area contributed by atoms with E-state index < -0.39 is 0 Å². The molecule has 7 heteroatoms. The minimum absolute atomic E-state index is 0. The molecule has 6 nitrogen and oxygen atoms in total. The van der Waals surface area contributed by atoms with Crippen molar-refractivity contribution in [3.05, 3.63) is 0 Å². The van der Waals surface area contributed by atoms with Crippen LogP contribution in [0.4, 0.5) is 0 Å². The fraction of sp³-hybridized carbons (Fsp3) is 0.895. The minimum Gasteiger partial charge on any atom is -0.356 e. The lowest BCUT2D eigenvalue weighted by Gasteiger charge is -2.34. The molecule has 0 aromatic heterocycles. The molecule has 2 unspecified atom stereocenters. The second kappa shape index (κ2) is 12.8. The van der Waals surface area contributed by atoms with Gasteiger partial charge in [-0.15, -0.1) is 24.0 Å². The number of hydrogen-bond acceptors (Lipinski definition) is 3. The first-order valence-electron chi connectivity index (χ1n) is 10.0. The smallest absolute Gasteiger partial charge is 0.219 e. The SMILES string of the molecule is CN=C(NCCC1CCCC(C)C1)NCCN1CCN(C(C)=O)CC1.I. The molecule has 0 aromatic carbocycles. The largest absolute Gasteiger partial charge is 0.356 e. The zero-order chi connectivity index (χ0) is 18.1. The maximum absolute atomic E-state index is 11.4. The summed E-state index contributed by atoms with van der Waals surface area (Å²) in [6.07, 6.45) is 6.84. The van der Waals surface area contributed by atoms with Gasteiger partial charge in [-0.25, -0.2) is 0 Å². The average molecular weight is 479 g/mol. The maximum Gasteiger partial charge on any atom is 0.219 e. The molecular weight excluding hydrogens is 441 g/mol. The molecule has 2 fully saturated rings. The predicted octanol–water partition coefficient (Wildman–Crippen LogP) is 2.15. The second-order valence-electron chi connectivity index (χ2n) is 7.70. The highest BCUT2D eigenvalue weighted by molar-refractivity contribution is 14.0. The van der Waals surface area contributed by atoms with Crippen LogP contribution >= 0.6 is 24.0 Å². The van der Waals surface area contributed by atoms with Gasteiger partial charge in [-0.1, -0.05) is 26.2 Å². The van der Waals surface area contributed by atoms with Crippen molar-refractivity contribution in [2.75, 3.05) is 52.9 Å². The molecule has 2 atom stereocenters. The molecule has 152 valence electrons. The lowest BCUT2D eigenvalue weighted by atomic mass is 9.81. The third-order valence-electron chi connectivity index (χ3n) is 5.65. The number of amides is 1. The van der Waals surface area contributed by atoms with E-state index in [9.17, 15) is 4.79 Å². The van der Waals surface area contributed by atoms with Gasteiger partial charge < -0.3 is 15.5 Å². The molecule has 0 bridgehead atoms. The molecule has 0 spiro atoms. The van der Waals surface area contributed by atoms with E-state index in [1.165, 1.54) is 32.1 Å². The number of guanidine groups is 1. The van der Waals surface area contributed by atoms with Gasteiger partial charge in [-0.2, -0.15) is 0 Å². The highest BCUT2D eigenvalue weighted by atomic mass is 127. The van der Waals surface area contributed by atoms with Crippen LogP contribution in [0.5, 0.6) is 0 Å². The summed E-state index contributed by atoms with van der Waals surface area (Å²) in [6, 6.07) is 0. The Morgan fingerprint density at radius 1 is 1.12 bits per heavy atom. The van der Waals surface area contributed by atoms with E-state index in [2.05, 4.69) is 27.4 Å². The molecule has 2 rings (SSSR count). The maximum atomic E-state index is 11.4. The fourth-order valence-corrected chi connectivity index (χ4v) is 4.06. The molecule has 1 aliphatic heterocycles. The summed E-state index contributed by atoms with van der Waals surface area (Å²) in [4.78, 5) is 20.0. The van der Waals surface area contributed by atoms with Gasteiger partial charge >= 0.3 is 0 Å². The lowest BCUT2D eigenvalue weighted by molar-refractivity contribution is -0.130. The van der Waals surface area contributed by atoms with Crippen molar-refractivity contribution in [3.8, 4) is 0 Å². The Hall–Kier alpha value is -0.570. The zero-order valence-corrected chi connectivity index (χ0v) is 19.1. The molecular formula is C19H38IN5O. The van der Waals surface area contributed by atoms with Crippen molar-refractivity contribution in [2.45, 2.75) is 46.0 Å². The molecule has 0 radical (unpaired) electrons. The summed E-state index contributed by atoms with van der Waals surface area (Å²) >= 11 is 0. The fourth-order valence-electron chi connectivity index (χ4n) is 4.06. The van der Waals surface area contributed by atoms with Gasteiger partial charge in [0.05, 0.1) is 0 Å². The highest BCUT2D eigenvalue weighted by Crippen LogP contribution is 2.30. The lowest BCUT2D eigenvalue weighted by Crippen LogP contribution is -2.50. The minimum atomic E-state index is 0. The zero-order valence-electron chi connectivity index (χ0n) is 16.8. The Labute approximate surface area is 176 Å². The summed E-state index contributed by atoms with van der Waals surface area (Å²) in [7, 11) is 1.84. The van der Waals surface area contributed by atoms with Crippen LogP contribution in [-0.4, -0.2) is 74.5 Å². The standard InChI is InChI=1S/C19H37N5O.HI/c1-16-5-4-6-18(15-16)7-8-21-19(20-3)22-9-10-23-11-13-24(14-12-23)17(2)25;/h16,18H,4-15H2,1-3H3,(H2,20,21,22);1H. The van der Waals surface area contributed by atoms with Gasteiger partial charge in [-0.05, 0) is 24.7 Å². The van der Waals surface area contributed by atoms with E-state index in [1.54, 1.807) is 6.92 Å². The van der Waals surface area contributed by atoms with E-state index in [0.717, 1.165) is 63.6 Å². The van der Waals surface area contributed by atoms with Crippen LogP contribution in [0, 0.1) is 11.8 Å². The van der Waals surface area contributed by atoms with Gasteiger partial charge in [0.1, 0.15) is 0 Å².